The van der Waals surface area contributed by atoms with E-state index < -0.39 is 13.9 Å². The largest absolute Gasteiger partial charge is 0.444 e. The Morgan fingerprint density at radius 3 is 2.09 bits per heavy atom. The van der Waals surface area contributed by atoms with Crippen LogP contribution in [0.1, 0.15) is 41.5 Å². The van der Waals surface area contributed by atoms with Gasteiger partial charge in [-0.15, -0.1) is 0 Å². The van der Waals surface area contributed by atoms with Crippen molar-refractivity contribution in [2.24, 2.45) is 5.92 Å². The number of nitrogens with zero attached hydrogens (tertiary/aromatic N) is 1. The van der Waals surface area contributed by atoms with Gasteiger partial charge in [0.05, 0.1) is 12.0 Å². The van der Waals surface area contributed by atoms with Gasteiger partial charge in [-0.05, 0) is 38.9 Å². The number of carbonyl (C=O) groups is 2. The zero-order valence-electron chi connectivity index (χ0n) is 15.2. The molecule has 0 radical (unpaired) electrons. The molecule has 128 valence electrons. The van der Waals surface area contributed by atoms with Crippen LogP contribution < -0.4 is 0 Å². The van der Waals surface area contributed by atoms with Gasteiger partial charge in [-0.25, -0.2) is 4.79 Å². The van der Waals surface area contributed by atoms with E-state index in [0.717, 1.165) is 6.29 Å². The van der Waals surface area contributed by atoms with Gasteiger partial charge >= 0.3 is 6.09 Å². The average molecular weight is 330 g/mol. The molecule has 22 heavy (non-hydrogen) atoms. The Kier molecular flexibility index (Phi) is 5.50. The molecule has 1 heterocycles. The molecular weight excluding hydrogens is 298 g/mol. The van der Waals surface area contributed by atoms with Crippen LogP contribution in [-0.4, -0.2) is 50.4 Å². The molecule has 0 N–H and O–H groups in total. The van der Waals surface area contributed by atoms with Crippen molar-refractivity contribution >= 4 is 20.7 Å². The van der Waals surface area contributed by atoms with E-state index in [-0.39, 0.29) is 23.2 Å². The number of likely N-dealkylation sites (tertiary alicyclic amines) is 1. The van der Waals surface area contributed by atoms with Crippen LogP contribution in [0.25, 0.3) is 0 Å². The normalized spacial score (nSPS) is 23.5. The van der Waals surface area contributed by atoms with Crippen molar-refractivity contribution in [1.82, 2.24) is 4.90 Å². The smallest absolute Gasteiger partial charge is 0.410 e. The summed E-state index contributed by atoms with van der Waals surface area (Å²) in [5, 5.41) is 0.0692. The Labute approximate surface area is 135 Å². The molecule has 1 amide bonds. The maximum atomic E-state index is 12.2. The fourth-order valence-electron chi connectivity index (χ4n) is 2.09. The van der Waals surface area contributed by atoms with E-state index in [1.165, 1.54) is 0 Å². The summed E-state index contributed by atoms with van der Waals surface area (Å²) in [5.41, 5.74) is -0.536. The molecule has 0 aliphatic carbocycles. The number of carbonyl (C=O) groups excluding carboxylic acids is 2. The van der Waals surface area contributed by atoms with Crippen molar-refractivity contribution in [3.8, 4) is 0 Å². The van der Waals surface area contributed by atoms with E-state index >= 15 is 0 Å². The van der Waals surface area contributed by atoms with Crippen LogP contribution in [0.3, 0.4) is 0 Å². The molecule has 0 aromatic rings. The number of ether oxygens (including phenoxy) is 1. The van der Waals surface area contributed by atoms with E-state index in [1.807, 2.05) is 20.8 Å². The van der Waals surface area contributed by atoms with Crippen molar-refractivity contribution in [2.75, 3.05) is 13.1 Å². The summed E-state index contributed by atoms with van der Waals surface area (Å²) in [5.74, 6) is -0.276. The molecule has 0 spiro atoms. The summed E-state index contributed by atoms with van der Waals surface area (Å²) in [6, 6.07) is 0. The van der Waals surface area contributed by atoms with Gasteiger partial charge in [0.15, 0.2) is 8.32 Å². The van der Waals surface area contributed by atoms with Crippen molar-refractivity contribution in [3.63, 3.8) is 0 Å². The lowest BCUT2D eigenvalue weighted by Gasteiger charge is -2.39. The minimum Gasteiger partial charge on any atom is -0.444 e. The van der Waals surface area contributed by atoms with Gasteiger partial charge in [-0.2, -0.15) is 0 Å². The Morgan fingerprint density at radius 2 is 1.68 bits per heavy atom. The first kappa shape index (κ1) is 19.2. The molecule has 6 heteroatoms. The van der Waals surface area contributed by atoms with Crippen LogP contribution in [0.5, 0.6) is 0 Å². The molecule has 0 saturated carbocycles. The lowest BCUT2D eigenvalue weighted by molar-refractivity contribution is -0.112. The molecule has 0 unspecified atom stereocenters. The molecule has 1 rings (SSSR count). The zero-order chi connectivity index (χ0) is 17.3. The molecule has 1 fully saturated rings. The van der Waals surface area contributed by atoms with Crippen LogP contribution in [0.4, 0.5) is 4.79 Å². The highest BCUT2D eigenvalue weighted by atomic mass is 28.4. The summed E-state index contributed by atoms with van der Waals surface area (Å²) in [4.78, 5) is 25.1. The first-order chi connectivity index (χ1) is 9.77. The Bertz CT molecular complexity index is 423. The van der Waals surface area contributed by atoms with Gasteiger partial charge in [-0.1, -0.05) is 20.8 Å². The minimum absolute atomic E-state index is 0.0692. The highest BCUT2D eigenvalue weighted by Crippen LogP contribution is 2.39. The monoisotopic (exact) mass is 329 g/mol. The van der Waals surface area contributed by atoms with Crippen LogP contribution in [0.2, 0.25) is 18.1 Å². The minimum atomic E-state index is -1.98. The summed E-state index contributed by atoms with van der Waals surface area (Å²) >= 11 is 0. The van der Waals surface area contributed by atoms with Crippen LogP contribution in [-0.2, 0) is 14.0 Å². The van der Waals surface area contributed by atoms with Crippen LogP contribution in [0.15, 0.2) is 0 Å². The fourth-order valence-corrected chi connectivity index (χ4v) is 3.45. The van der Waals surface area contributed by atoms with Gasteiger partial charge in [0.1, 0.15) is 11.9 Å². The lowest BCUT2D eigenvalue weighted by Crippen LogP contribution is -2.46. The van der Waals surface area contributed by atoms with E-state index in [0.29, 0.717) is 13.1 Å². The van der Waals surface area contributed by atoms with Gasteiger partial charge < -0.3 is 18.9 Å². The zero-order valence-corrected chi connectivity index (χ0v) is 16.2. The summed E-state index contributed by atoms with van der Waals surface area (Å²) in [6.07, 6.45) is 0.300. The third kappa shape index (κ3) is 4.81. The molecule has 1 aliphatic heterocycles. The number of amides is 1. The van der Waals surface area contributed by atoms with Crippen molar-refractivity contribution in [3.05, 3.63) is 0 Å². The molecule has 0 bridgehead atoms. The summed E-state index contributed by atoms with van der Waals surface area (Å²) in [6.45, 7) is 17.1. The molecular formula is C16H31NO4Si. The SMILES string of the molecule is CC(C)(C)OC(=O)N1C[C@H](O[Si](C)(C)C(C)(C)C)[C@@H](C=O)C1. The van der Waals surface area contributed by atoms with Gasteiger partial charge in [0.2, 0.25) is 0 Å². The predicted molar refractivity (Wildman–Crippen MR) is 89.4 cm³/mol. The lowest BCUT2D eigenvalue weighted by atomic mass is 10.1. The number of hydrogen-bond donors (Lipinski definition) is 0. The second-order valence-corrected chi connectivity index (χ2v) is 13.4. The van der Waals surface area contributed by atoms with Crippen LogP contribution in [0, 0.1) is 5.92 Å². The Balaban J connectivity index is 2.78. The molecule has 0 aromatic carbocycles. The Hall–Kier alpha value is -0.883. The molecule has 1 saturated heterocycles. The first-order valence-corrected chi connectivity index (χ1v) is 10.8. The van der Waals surface area contributed by atoms with Crippen LogP contribution >= 0.6 is 0 Å². The van der Waals surface area contributed by atoms with Gasteiger partial charge in [0.25, 0.3) is 0 Å². The second-order valence-electron chi connectivity index (χ2n) is 8.60. The predicted octanol–water partition coefficient (Wildman–Crippen LogP) is 3.44. The maximum Gasteiger partial charge on any atom is 0.410 e. The number of rotatable bonds is 3. The second kappa shape index (κ2) is 6.32. The summed E-state index contributed by atoms with van der Waals surface area (Å²) in [7, 11) is -1.98. The van der Waals surface area contributed by atoms with Crippen molar-refractivity contribution in [2.45, 2.75) is 71.4 Å². The van der Waals surface area contributed by atoms with Gasteiger partial charge in [0, 0.05) is 13.1 Å². The third-order valence-electron chi connectivity index (χ3n) is 4.39. The van der Waals surface area contributed by atoms with E-state index in [4.69, 9.17) is 9.16 Å². The third-order valence-corrected chi connectivity index (χ3v) is 8.89. The molecule has 1 aliphatic rings. The first-order valence-electron chi connectivity index (χ1n) is 7.88. The van der Waals surface area contributed by atoms with Gasteiger partial charge in [-0.3, -0.25) is 0 Å². The number of hydrogen-bond acceptors (Lipinski definition) is 4. The highest BCUT2D eigenvalue weighted by Gasteiger charge is 2.45. The fraction of sp³-hybridized carbons (Fsp3) is 0.875. The van der Waals surface area contributed by atoms with E-state index in [1.54, 1.807) is 4.90 Å². The summed E-state index contributed by atoms with van der Waals surface area (Å²) < 4.78 is 11.7. The number of aldehydes is 1. The quantitative estimate of drug-likeness (QED) is 0.588. The molecule has 2 atom stereocenters. The Morgan fingerprint density at radius 1 is 1.14 bits per heavy atom. The van der Waals surface area contributed by atoms with Crippen molar-refractivity contribution < 1.29 is 18.8 Å². The van der Waals surface area contributed by atoms with Crippen molar-refractivity contribution in [1.29, 1.82) is 0 Å². The highest BCUT2D eigenvalue weighted by molar-refractivity contribution is 6.74. The van der Waals surface area contributed by atoms with E-state index in [9.17, 15) is 9.59 Å². The molecule has 5 nitrogen and oxygen atoms in total. The topological polar surface area (TPSA) is 55.8 Å². The van der Waals surface area contributed by atoms with E-state index in [2.05, 4.69) is 33.9 Å². The standard InChI is InChI=1S/C16H31NO4Si/c1-15(2,3)20-14(19)17-9-12(11-18)13(10-17)21-22(7,8)16(4,5)6/h11-13H,9-10H2,1-8H3/t12-,13+/m1/s1. The maximum absolute atomic E-state index is 12.2. The molecule has 0 aromatic heterocycles. The average Bonchev–Trinajstić information content (AvgIpc) is 2.67.